The van der Waals surface area contributed by atoms with Gasteiger partial charge in [-0.25, -0.2) is 0 Å². The van der Waals surface area contributed by atoms with Gasteiger partial charge in [0.05, 0.1) is 12.8 Å². The normalized spacial score (nSPS) is 10.5. The van der Waals surface area contributed by atoms with Crippen LogP contribution in [0.3, 0.4) is 0 Å². The van der Waals surface area contributed by atoms with Gasteiger partial charge in [-0.2, -0.15) is 5.10 Å². The fraction of sp³-hybridized carbons (Fsp3) is 0.222. The SMILES string of the molecule is CCCOc1ccc(/C=N\NC(=S)NCc2ccccc2)cc1. The Kier molecular flexibility index (Phi) is 7.07. The molecule has 0 aromatic heterocycles. The van der Waals surface area contributed by atoms with Crippen molar-refractivity contribution in [2.75, 3.05) is 6.61 Å². The monoisotopic (exact) mass is 327 g/mol. The minimum atomic E-state index is 0.494. The minimum absolute atomic E-state index is 0.494. The van der Waals surface area contributed by atoms with E-state index < -0.39 is 0 Å². The summed E-state index contributed by atoms with van der Waals surface area (Å²) in [5.41, 5.74) is 4.96. The highest BCUT2D eigenvalue weighted by atomic mass is 32.1. The van der Waals surface area contributed by atoms with Crippen LogP contribution in [-0.4, -0.2) is 17.9 Å². The van der Waals surface area contributed by atoms with Crippen LogP contribution in [0, 0.1) is 0 Å². The molecule has 4 nitrogen and oxygen atoms in total. The Hall–Kier alpha value is -2.40. The molecule has 0 unspecified atom stereocenters. The highest BCUT2D eigenvalue weighted by molar-refractivity contribution is 7.80. The molecule has 0 amide bonds. The predicted molar refractivity (Wildman–Crippen MR) is 98.8 cm³/mol. The molecule has 0 atom stereocenters. The first-order chi connectivity index (χ1) is 11.3. The fourth-order valence-corrected chi connectivity index (χ4v) is 1.98. The molecule has 2 aromatic rings. The Morgan fingerprint density at radius 1 is 1.13 bits per heavy atom. The van der Waals surface area contributed by atoms with E-state index in [-0.39, 0.29) is 0 Å². The van der Waals surface area contributed by atoms with Crippen molar-refractivity contribution in [3.8, 4) is 5.75 Å². The third kappa shape index (κ3) is 6.48. The van der Waals surface area contributed by atoms with Gasteiger partial charge in [0.15, 0.2) is 5.11 Å². The molecule has 2 aromatic carbocycles. The summed E-state index contributed by atoms with van der Waals surface area (Å²) in [5, 5.41) is 7.72. The number of thiocarbonyl (C=S) groups is 1. The summed E-state index contributed by atoms with van der Waals surface area (Å²) in [4.78, 5) is 0. The van der Waals surface area contributed by atoms with Crippen molar-refractivity contribution >= 4 is 23.5 Å². The molecule has 2 N–H and O–H groups in total. The largest absolute Gasteiger partial charge is 0.494 e. The first-order valence-corrected chi connectivity index (χ1v) is 8.02. The number of hydrazone groups is 1. The first-order valence-electron chi connectivity index (χ1n) is 7.61. The zero-order chi connectivity index (χ0) is 16.3. The van der Waals surface area contributed by atoms with Crippen molar-refractivity contribution in [2.45, 2.75) is 19.9 Å². The van der Waals surface area contributed by atoms with E-state index in [4.69, 9.17) is 17.0 Å². The van der Waals surface area contributed by atoms with Gasteiger partial charge in [-0.3, -0.25) is 5.43 Å². The zero-order valence-electron chi connectivity index (χ0n) is 13.2. The number of nitrogens with zero attached hydrogens (tertiary/aromatic N) is 1. The number of benzene rings is 2. The topological polar surface area (TPSA) is 45.6 Å². The van der Waals surface area contributed by atoms with E-state index in [9.17, 15) is 0 Å². The van der Waals surface area contributed by atoms with Crippen LogP contribution in [0.25, 0.3) is 0 Å². The van der Waals surface area contributed by atoms with E-state index in [2.05, 4.69) is 22.8 Å². The van der Waals surface area contributed by atoms with Gasteiger partial charge < -0.3 is 10.1 Å². The molecule has 2 rings (SSSR count). The van der Waals surface area contributed by atoms with Crippen LogP contribution in [0.5, 0.6) is 5.75 Å². The summed E-state index contributed by atoms with van der Waals surface area (Å²) in [6.07, 6.45) is 2.72. The minimum Gasteiger partial charge on any atom is -0.494 e. The molecule has 0 aliphatic carbocycles. The summed E-state index contributed by atoms with van der Waals surface area (Å²) < 4.78 is 5.54. The van der Waals surface area contributed by atoms with Crippen molar-refractivity contribution in [3.63, 3.8) is 0 Å². The number of rotatable bonds is 7. The van der Waals surface area contributed by atoms with Crippen LogP contribution in [0.15, 0.2) is 59.7 Å². The van der Waals surface area contributed by atoms with Crippen molar-refractivity contribution < 1.29 is 4.74 Å². The molecule has 0 aliphatic rings. The molecule has 0 aliphatic heterocycles. The number of hydrogen-bond donors (Lipinski definition) is 2. The lowest BCUT2D eigenvalue weighted by Crippen LogP contribution is -2.31. The second-order valence-electron chi connectivity index (χ2n) is 4.96. The molecule has 0 spiro atoms. The van der Waals surface area contributed by atoms with Gasteiger partial charge in [-0.15, -0.1) is 0 Å². The standard InChI is InChI=1S/C18H21N3OS/c1-2-12-22-17-10-8-16(9-11-17)14-20-21-18(23)19-13-15-6-4-3-5-7-15/h3-11,14H,2,12-13H2,1H3,(H2,19,21,23)/b20-14-. The van der Waals surface area contributed by atoms with Crippen molar-refractivity contribution in [3.05, 3.63) is 65.7 Å². The van der Waals surface area contributed by atoms with Crippen LogP contribution in [-0.2, 0) is 6.54 Å². The smallest absolute Gasteiger partial charge is 0.187 e. The molecule has 0 bridgehead atoms. The molecule has 0 radical (unpaired) electrons. The quantitative estimate of drug-likeness (QED) is 0.464. The maximum Gasteiger partial charge on any atom is 0.187 e. The van der Waals surface area contributed by atoms with E-state index >= 15 is 0 Å². The van der Waals surface area contributed by atoms with Gasteiger partial charge >= 0.3 is 0 Å². The van der Waals surface area contributed by atoms with Crippen molar-refractivity contribution in [1.29, 1.82) is 0 Å². The summed E-state index contributed by atoms with van der Waals surface area (Å²) in [5.74, 6) is 0.872. The Balaban J connectivity index is 1.74. The second-order valence-corrected chi connectivity index (χ2v) is 5.36. The molecule has 0 heterocycles. The van der Waals surface area contributed by atoms with Crippen LogP contribution in [0.2, 0.25) is 0 Å². The molecule has 0 fully saturated rings. The Bertz CT molecular complexity index is 626. The van der Waals surface area contributed by atoms with Gasteiger partial charge in [0.1, 0.15) is 5.75 Å². The second kappa shape index (κ2) is 9.58. The number of hydrogen-bond acceptors (Lipinski definition) is 3. The molecular formula is C18H21N3OS. The van der Waals surface area contributed by atoms with E-state index in [0.29, 0.717) is 11.7 Å². The molecule has 120 valence electrons. The summed E-state index contributed by atoms with van der Waals surface area (Å²) in [6.45, 7) is 3.49. The third-order valence-electron chi connectivity index (χ3n) is 3.03. The van der Waals surface area contributed by atoms with Crippen LogP contribution in [0.1, 0.15) is 24.5 Å². The lowest BCUT2D eigenvalue weighted by Gasteiger charge is -2.07. The maximum atomic E-state index is 5.54. The van der Waals surface area contributed by atoms with Gasteiger partial charge in [-0.1, -0.05) is 37.3 Å². The zero-order valence-corrected chi connectivity index (χ0v) is 14.0. The fourth-order valence-electron chi connectivity index (χ4n) is 1.85. The van der Waals surface area contributed by atoms with Gasteiger partial charge in [0, 0.05) is 6.54 Å². The molecular weight excluding hydrogens is 306 g/mol. The maximum absolute atomic E-state index is 5.54. The van der Waals surface area contributed by atoms with E-state index in [1.54, 1.807) is 6.21 Å². The lowest BCUT2D eigenvalue weighted by atomic mass is 10.2. The third-order valence-corrected chi connectivity index (χ3v) is 3.26. The highest BCUT2D eigenvalue weighted by Gasteiger charge is 1.95. The van der Waals surface area contributed by atoms with E-state index in [1.165, 1.54) is 5.56 Å². The summed E-state index contributed by atoms with van der Waals surface area (Å²) in [7, 11) is 0. The Labute approximate surface area is 142 Å². The average Bonchev–Trinajstić information content (AvgIpc) is 2.60. The van der Waals surface area contributed by atoms with E-state index in [1.807, 2.05) is 54.6 Å². The Morgan fingerprint density at radius 2 is 1.87 bits per heavy atom. The van der Waals surface area contributed by atoms with Crippen molar-refractivity contribution in [2.24, 2.45) is 5.10 Å². The lowest BCUT2D eigenvalue weighted by molar-refractivity contribution is 0.317. The van der Waals surface area contributed by atoms with Gasteiger partial charge in [0.2, 0.25) is 0 Å². The average molecular weight is 327 g/mol. The molecule has 5 heteroatoms. The van der Waals surface area contributed by atoms with Crippen LogP contribution < -0.4 is 15.5 Å². The molecule has 0 saturated carbocycles. The Morgan fingerprint density at radius 3 is 2.57 bits per heavy atom. The summed E-state index contributed by atoms with van der Waals surface area (Å²) in [6, 6.07) is 17.9. The number of ether oxygens (including phenoxy) is 1. The van der Waals surface area contributed by atoms with Crippen LogP contribution in [0.4, 0.5) is 0 Å². The van der Waals surface area contributed by atoms with Gasteiger partial charge in [-0.05, 0) is 54.0 Å². The predicted octanol–water partition coefficient (Wildman–Crippen LogP) is 3.47. The van der Waals surface area contributed by atoms with E-state index in [0.717, 1.165) is 24.3 Å². The summed E-state index contributed by atoms with van der Waals surface area (Å²) >= 11 is 5.18. The molecule has 23 heavy (non-hydrogen) atoms. The van der Waals surface area contributed by atoms with Crippen molar-refractivity contribution in [1.82, 2.24) is 10.7 Å². The van der Waals surface area contributed by atoms with Crippen LogP contribution >= 0.6 is 12.2 Å². The van der Waals surface area contributed by atoms with Gasteiger partial charge in [0.25, 0.3) is 0 Å². The number of nitrogens with one attached hydrogen (secondary N) is 2. The highest BCUT2D eigenvalue weighted by Crippen LogP contribution is 2.11. The molecule has 0 saturated heterocycles. The first kappa shape index (κ1) is 17.0.